The standard InChI is InChI=1S/C30H29N9O/c1-18-16-39(17-34-18)27-4-2-3-25-23(27)12-26(36-25)29-24-11-21(14-33-30(24)38-37-29)20-10-22(15-32-13-20)35-28(40)9-19-5-7-31-8-6-19/h2-4,10-17,19,31,36H,5-9H2,1H3,(H,35,40)(H,33,37,38). The van der Waals surface area contributed by atoms with Gasteiger partial charge in [0.2, 0.25) is 5.91 Å². The third-order valence-corrected chi connectivity index (χ3v) is 7.59. The first-order valence-corrected chi connectivity index (χ1v) is 13.5. The molecule has 1 aliphatic rings. The van der Waals surface area contributed by atoms with Crippen molar-refractivity contribution in [3.05, 3.63) is 73.2 Å². The van der Waals surface area contributed by atoms with Crippen molar-refractivity contribution in [2.75, 3.05) is 18.4 Å². The van der Waals surface area contributed by atoms with Crippen molar-refractivity contribution in [2.45, 2.75) is 26.2 Å². The number of pyridine rings is 2. The molecule has 4 N–H and O–H groups in total. The molecular weight excluding hydrogens is 502 g/mol. The van der Waals surface area contributed by atoms with Crippen LogP contribution >= 0.6 is 0 Å². The number of rotatable bonds is 6. The van der Waals surface area contributed by atoms with Crippen LogP contribution in [0.3, 0.4) is 0 Å². The maximum absolute atomic E-state index is 12.7. The zero-order valence-corrected chi connectivity index (χ0v) is 22.1. The lowest BCUT2D eigenvalue weighted by Crippen LogP contribution is -2.30. The summed E-state index contributed by atoms with van der Waals surface area (Å²) in [5, 5.41) is 16.0. The van der Waals surface area contributed by atoms with Gasteiger partial charge in [-0.3, -0.25) is 14.9 Å². The van der Waals surface area contributed by atoms with E-state index >= 15 is 0 Å². The molecule has 6 heterocycles. The summed E-state index contributed by atoms with van der Waals surface area (Å²) in [6, 6.07) is 12.3. The van der Waals surface area contributed by atoms with Crippen molar-refractivity contribution < 1.29 is 4.79 Å². The molecule has 0 unspecified atom stereocenters. The van der Waals surface area contributed by atoms with Crippen molar-refractivity contribution in [2.24, 2.45) is 5.92 Å². The highest BCUT2D eigenvalue weighted by atomic mass is 16.1. The Labute approximate surface area is 230 Å². The summed E-state index contributed by atoms with van der Waals surface area (Å²) in [6.45, 7) is 3.93. The van der Waals surface area contributed by atoms with E-state index in [1.54, 1.807) is 18.6 Å². The van der Waals surface area contributed by atoms with Crippen molar-refractivity contribution in [3.63, 3.8) is 0 Å². The fraction of sp³-hybridized carbons (Fsp3) is 0.233. The number of nitrogens with one attached hydrogen (secondary N) is 4. The lowest BCUT2D eigenvalue weighted by molar-refractivity contribution is -0.117. The first-order chi connectivity index (χ1) is 19.6. The summed E-state index contributed by atoms with van der Waals surface area (Å²) in [5.74, 6) is 0.453. The molecule has 6 aromatic rings. The Morgan fingerprint density at radius 3 is 2.77 bits per heavy atom. The van der Waals surface area contributed by atoms with Crippen LogP contribution in [-0.4, -0.2) is 53.7 Å². The van der Waals surface area contributed by atoms with E-state index in [0.29, 0.717) is 23.7 Å². The zero-order chi connectivity index (χ0) is 27.1. The fourth-order valence-corrected chi connectivity index (χ4v) is 5.54. The molecule has 10 nitrogen and oxygen atoms in total. The van der Waals surface area contributed by atoms with Crippen LogP contribution in [0, 0.1) is 12.8 Å². The number of benzene rings is 1. The molecule has 0 atom stereocenters. The van der Waals surface area contributed by atoms with Gasteiger partial charge in [-0.1, -0.05) is 6.07 Å². The number of hydrogen-bond donors (Lipinski definition) is 4. The van der Waals surface area contributed by atoms with Crippen LogP contribution < -0.4 is 10.6 Å². The molecule has 1 saturated heterocycles. The van der Waals surface area contributed by atoms with Crippen molar-refractivity contribution in [1.82, 2.24) is 40.0 Å². The van der Waals surface area contributed by atoms with Crippen LogP contribution in [0.25, 0.3) is 50.1 Å². The first kappa shape index (κ1) is 24.2. The third-order valence-electron chi connectivity index (χ3n) is 7.59. The van der Waals surface area contributed by atoms with Gasteiger partial charge in [0.15, 0.2) is 5.65 Å². The monoisotopic (exact) mass is 531 g/mol. The Hall–Kier alpha value is -4.83. The van der Waals surface area contributed by atoms with Crippen molar-refractivity contribution >= 4 is 33.5 Å². The van der Waals surface area contributed by atoms with E-state index in [1.807, 2.05) is 36.1 Å². The lowest BCUT2D eigenvalue weighted by atomic mass is 9.94. The van der Waals surface area contributed by atoms with Gasteiger partial charge in [-0.15, -0.1) is 0 Å². The zero-order valence-electron chi connectivity index (χ0n) is 22.1. The number of amides is 1. The number of anilines is 1. The van der Waals surface area contributed by atoms with Crippen molar-refractivity contribution in [1.29, 1.82) is 0 Å². The van der Waals surface area contributed by atoms with E-state index in [-0.39, 0.29) is 5.91 Å². The third kappa shape index (κ3) is 4.62. The molecule has 1 fully saturated rings. The highest BCUT2D eigenvalue weighted by molar-refractivity contribution is 5.98. The van der Waals surface area contributed by atoms with Gasteiger partial charge < -0.3 is 20.2 Å². The Kier molecular flexibility index (Phi) is 6.09. The number of H-pyrrole nitrogens is 2. The molecule has 1 aliphatic heterocycles. The number of aromatic amines is 2. The highest BCUT2D eigenvalue weighted by Crippen LogP contribution is 2.33. The first-order valence-electron chi connectivity index (χ1n) is 13.5. The summed E-state index contributed by atoms with van der Waals surface area (Å²) in [7, 11) is 0. The largest absolute Gasteiger partial charge is 0.353 e. The molecule has 10 heteroatoms. The van der Waals surface area contributed by atoms with Crippen LogP contribution in [0.1, 0.15) is 25.0 Å². The predicted octanol–water partition coefficient (Wildman–Crippen LogP) is 4.99. The van der Waals surface area contributed by atoms with E-state index in [2.05, 4.69) is 65.0 Å². The average Bonchev–Trinajstić information content (AvgIpc) is 3.71. The molecule has 0 radical (unpaired) electrons. The fourth-order valence-electron chi connectivity index (χ4n) is 5.54. The van der Waals surface area contributed by atoms with Crippen LogP contribution in [0.4, 0.5) is 5.69 Å². The van der Waals surface area contributed by atoms with Crippen LogP contribution in [0.15, 0.2) is 67.5 Å². The molecule has 7 rings (SSSR count). The number of piperidine rings is 1. The van der Waals surface area contributed by atoms with Gasteiger partial charge in [0.05, 0.1) is 35.3 Å². The maximum Gasteiger partial charge on any atom is 0.224 e. The van der Waals surface area contributed by atoms with Crippen LogP contribution in [0.2, 0.25) is 0 Å². The van der Waals surface area contributed by atoms with Gasteiger partial charge >= 0.3 is 0 Å². The molecule has 1 amide bonds. The minimum Gasteiger partial charge on any atom is -0.353 e. The Bertz CT molecular complexity index is 1840. The summed E-state index contributed by atoms with van der Waals surface area (Å²) < 4.78 is 2.03. The molecule has 5 aromatic heterocycles. The second kappa shape index (κ2) is 10.0. The SMILES string of the molecule is Cc1cn(-c2cccc3[nH]c(-c4n[nH]c5ncc(-c6cncc(NC(=O)CC7CCNCC7)c6)cc45)cc23)cn1. The smallest absolute Gasteiger partial charge is 0.224 e. The van der Waals surface area contributed by atoms with Crippen molar-refractivity contribution in [3.8, 4) is 28.2 Å². The van der Waals surface area contributed by atoms with E-state index in [1.165, 1.54) is 0 Å². The van der Waals surface area contributed by atoms with Gasteiger partial charge in [0.1, 0.15) is 5.69 Å². The van der Waals surface area contributed by atoms with Crippen LogP contribution in [-0.2, 0) is 4.79 Å². The number of aromatic nitrogens is 7. The normalized spacial score (nSPS) is 14.2. The number of carbonyl (C=O) groups excluding carboxylic acids is 1. The average molecular weight is 532 g/mol. The second-order valence-corrected chi connectivity index (χ2v) is 10.4. The van der Waals surface area contributed by atoms with Gasteiger partial charge in [-0.2, -0.15) is 5.10 Å². The quantitative estimate of drug-likeness (QED) is 0.240. The Balaban J connectivity index is 1.19. The molecule has 0 spiro atoms. The van der Waals surface area contributed by atoms with E-state index in [0.717, 1.165) is 76.1 Å². The van der Waals surface area contributed by atoms with Gasteiger partial charge in [-0.25, -0.2) is 9.97 Å². The maximum atomic E-state index is 12.7. The number of nitrogens with zero attached hydrogens (tertiary/aromatic N) is 5. The summed E-state index contributed by atoms with van der Waals surface area (Å²) in [5.41, 5.74) is 7.84. The van der Waals surface area contributed by atoms with E-state index in [4.69, 9.17) is 0 Å². The van der Waals surface area contributed by atoms with E-state index < -0.39 is 0 Å². The minimum absolute atomic E-state index is 0.0283. The molecule has 200 valence electrons. The molecule has 0 saturated carbocycles. The molecular formula is C30H29N9O. The number of fused-ring (bicyclic) bond motifs is 2. The second-order valence-electron chi connectivity index (χ2n) is 10.4. The van der Waals surface area contributed by atoms with Crippen LogP contribution in [0.5, 0.6) is 0 Å². The number of hydrogen-bond acceptors (Lipinski definition) is 6. The number of imidazole rings is 1. The van der Waals surface area contributed by atoms with E-state index in [9.17, 15) is 4.79 Å². The molecule has 0 aliphatic carbocycles. The molecule has 1 aromatic carbocycles. The summed E-state index contributed by atoms with van der Waals surface area (Å²) >= 11 is 0. The number of aryl methyl sites for hydroxylation is 1. The van der Waals surface area contributed by atoms with Gasteiger partial charge in [0.25, 0.3) is 0 Å². The Morgan fingerprint density at radius 2 is 1.93 bits per heavy atom. The molecule has 0 bridgehead atoms. The van der Waals surface area contributed by atoms with Gasteiger partial charge in [-0.05, 0) is 69.1 Å². The van der Waals surface area contributed by atoms with Gasteiger partial charge in [0, 0.05) is 52.4 Å². The molecule has 40 heavy (non-hydrogen) atoms. The number of carbonyl (C=O) groups is 1. The summed E-state index contributed by atoms with van der Waals surface area (Å²) in [6.07, 6.45) is 11.7. The topological polar surface area (TPSA) is 129 Å². The minimum atomic E-state index is 0.0283. The lowest BCUT2D eigenvalue weighted by Gasteiger charge is -2.21. The Morgan fingerprint density at radius 1 is 1.05 bits per heavy atom. The highest BCUT2D eigenvalue weighted by Gasteiger charge is 2.18. The summed E-state index contributed by atoms with van der Waals surface area (Å²) in [4.78, 5) is 29.6. The predicted molar refractivity (Wildman–Crippen MR) is 155 cm³/mol.